The smallest absolute Gasteiger partial charge is 0.246 e. The van der Waals surface area contributed by atoms with E-state index in [-0.39, 0.29) is 0 Å². The molecule has 3 nitrogen and oxygen atoms in total. The fraction of sp³-hybridized carbons (Fsp3) is 0.500. The van der Waals surface area contributed by atoms with Crippen LogP contribution >= 0.6 is 7.37 Å². The van der Waals surface area contributed by atoms with Crippen LogP contribution in [0.5, 0.6) is 0 Å². The van der Waals surface area contributed by atoms with Crippen LogP contribution in [-0.2, 0) is 15.5 Å². The van der Waals surface area contributed by atoms with Gasteiger partial charge < -0.3 is 4.52 Å². The Bertz CT molecular complexity index is 352. The van der Waals surface area contributed by atoms with Crippen LogP contribution in [0.2, 0.25) is 0 Å². The lowest BCUT2D eigenvalue weighted by Gasteiger charge is -2.12. The Labute approximate surface area is 85.0 Å². The maximum atomic E-state index is 12.0. The summed E-state index contributed by atoms with van der Waals surface area (Å²) in [5.41, 5.74) is 1.52. The number of aromatic nitrogens is 1. The predicted molar refractivity (Wildman–Crippen MR) is 58.4 cm³/mol. The van der Waals surface area contributed by atoms with Gasteiger partial charge in [-0.05, 0) is 25.5 Å². The first kappa shape index (κ1) is 11.4. The lowest BCUT2D eigenvalue weighted by atomic mass is 10.3. The summed E-state index contributed by atoms with van der Waals surface area (Å²) in [6.07, 6.45) is 0.847. The van der Waals surface area contributed by atoms with Gasteiger partial charge in [-0.2, -0.15) is 0 Å². The topological polar surface area (TPSA) is 39.2 Å². The highest BCUT2D eigenvalue weighted by atomic mass is 31.2. The summed E-state index contributed by atoms with van der Waals surface area (Å²) in [6, 6.07) is 5.56. The molecule has 0 saturated heterocycles. The maximum absolute atomic E-state index is 12.0. The first-order valence-corrected chi connectivity index (χ1v) is 6.86. The van der Waals surface area contributed by atoms with Crippen molar-refractivity contribution >= 4 is 12.8 Å². The van der Waals surface area contributed by atoms with E-state index in [9.17, 15) is 4.57 Å². The molecule has 1 aromatic rings. The van der Waals surface area contributed by atoms with Gasteiger partial charge in [0.05, 0.1) is 6.61 Å². The Kier molecular flexibility index (Phi) is 3.85. The molecule has 4 heteroatoms. The van der Waals surface area contributed by atoms with Crippen LogP contribution in [-0.4, -0.2) is 18.3 Å². The zero-order valence-electron chi connectivity index (χ0n) is 8.86. The van der Waals surface area contributed by atoms with E-state index in [1.807, 2.05) is 26.0 Å². The molecule has 0 amide bonds. The van der Waals surface area contributed by atoms with Gasteiger partial charge >= 0.3 is 0 Å². The van der Waals surface area contributed by atoms with E-state index in [4.69, 9.17) is 4.52 Å². The van der Waals surface area contributed by atoms with E-state index in [1.165, 1.54) is 0 Å². The van der Waals surface area contributed by atoms with Crippen LogP contribution in [0.15, 0.2) is 18.2 Å². The minimum atomic E-state index is -2.70. The molecule has 78 valence electrons. The summed E-state index contributed by atoms with van der Waals surface area (Å²) in [6.45, 7) is 5.91. The lowest BCUT2D eigenvalue weighted by Crippen LogP contribution is -2.12. The first-order chi connectivity index (χ1) is 6.60. The molecule has 1 unspecified atom stereocenters. The minimum Gasteiger partial charge on any atom is -0.325 e. The van der Waals surface area contributed by atoms with Crippen molar-refractivity contribution in [3.05, 3.63) is 23.9 Å². The van der Waals surface area contributed by atoms with E-state index in [1.54, 1.807) is 12.7 Å². The van der Waals surface area contributed by atoms with Gasteiger partial charge in [0.15, 0.2) is 0 Å². The highest BCUT2D eigenvalue weighted by Gasteiger charge is 2.19. The summed E-state index contributed by atoms with van der Waals surface area (Å²) in [5, 5.41) is 0. The van der Waals surface area contributed by atoms with Crippen LogP contribution in [0.4, 0.5) is 0 Å². The van der Waals surface area contributed by atoms with Crippen molar-refractivity contribution in [2.45, 2.75) is 20.3 Å². The standard InChI is InChI=1S/C10H16NO2P/c1-4-9-7-6-8-10(11-9)14(3,12)13-5-2/h6-8H,4-5H2,1-3H3. The number of nitrogens with zero attached hydrogens (tertiary/aromatic N) is 1. The molecule has 14 heavy (non-hydrogen) atoms. The van der Waals surface area contributed by atoms with Gasteiger partial charge in [0, 0.05) is 12.4 Å². The summed E-state index contributed by atoms with van der Waals surface area (Å²) >= 11 is 0. The SMILES string of the molecule is CCOP(C)(=O)c1cccc(CC)n1. The van der Waals surface area contributed by atoms with E-state index >= 15 is 0 Å². The molecule has 0 aliphatic rings. The van der Waals surface area contributed by atoms with E-state index < -0.39 is 7.37 Å². The van der Waals surface area contributed by atoms with Crippen molar-refractivity contribution < 1.29 is 9.09 Å². The summed E-state index contributed by atoms with van der Waals surface area (Å²) in [4.78, 5) is 4.29. The molecular weight excluding hydrogens is 197 g/mol. The summed E-state index contributed by atoms with van der Waals surface area (Å²) < 4.78 is 17.2. The first-order valence-electron chi connectivity index (χ1n) is 4.78. The number of hydrogen-bond acceptors (Lipinski definition) is 3. The molecule has 0 N–H and O–H groups in total. The Morgan fingerprint density at radius 1 is 1.43 bits per heavy atom. The van der Waals surface area contributed by atoms with Gasteiger partial charge in [-0.3, -0.25) is 4.57 Å². The Morgan fingerprint density at radius 2 is 2.14 bits per heavy atom. The highest BCUT2D eigenvalue weighted by Crippen LogP contribution is 2.39. The van der Waals surface area contributed by atoms with Crippen LogP contribution in [0, 0.1) is 0 Å². The largest absolute Gasteiger partial charge is 0.325 e. The van der Waals surface area contributed by atoms with Gasteiger partial charge in [0.1, 0.15) is 5.44 Å². The zero-order valence-corrected chi connectivity index (χ0v) is 9.75. The summed E-state index contributed by atoms with van der Waals surface area (Å²) in [7, 11) is -2.70. The highest BCUT2D eigenvalue weighted by molar-refractivity contribution is 7.65. The molecule has 0 bridgehead atoms. The minimum absolute atomic E-state index is 0.450. The fourth-order valence-electron chi connectivity index (χ4n) is 1.20. The van der Waals surface area contributed by atoms with Crippen molar-refractivity contribution in [1.29, 1.82) is 0 Å². The van der Waals surface area contributed by atoms with E-state index in [2.05, 4.69) is 4.98 Å². The average Bonchev–Trinajstić information content (AvgIpc) is 2.18. The fourth-order valence-corrected chi connectivity index (χ4v) is 2.49. The third-order valence-corrected chi connectivity index (χ3v) is 3.78. The second-order valence-electron chi connectivity index (χ2n) is 3.10. The molecular formula is C10H16NO2P. The van der Waals surface area contributed by atoms with Crippen molar-refractivity contribution in [2.24, 2.45) is 0 Å². The van der Waals surface area contributed by atoms with E-state index in [0.29, 0.717) is 12.0 Å². The van der Waals surface area contributed by atoms with Crippen molar-refractivity contribution in [3.8, 4) is 0 Å². The Hall–Kier alpha value is -0.660. The third kappa shape index (κ3) is 2.66. The molecule has 0 radical (unpaired) electrons. The summed E-state index contributed by atoms with van der Waals surface area (Å²) in [5.74, 6) is 0. The molecule has 0 spiro atoms. The molecule has 1 heterocycles. The Balaban J connectivity index is 3.00. The normalized spacial score (nSPS) is 15.1. The predicted octanol–water partition coefficient (Wildman–Crippen LogP) is 2.21. The van der Waals surface area contributed by atoms with Crippen LogP contribution in [0.25, 0.3) is 0 Å². The molecule has 0 aliphatic carbocycles. The van der Waals surface area contributed by atoms with Crippen molar-refractivity contribution in [1.82, 2.24) is 4.98 Å². The quantitative estimate of drug-likeness (QED) is 0.720. The number of rotatable bonds is 4. The van der Waals surface area contributed by atoms with Crippen LogP contribution in [0.1, 0.15) is 19.5 Å². The molecule has 0 aromatic carbocycles. The zero-order chi connectivity index (χ0) is 10.6. The van der Waals surface area contributed by atoms with Crippen molar-refractivity contribution in [2.75, 3.05) is 13.3 Å². The number of hydrogen-bond donors (Lipinski definition) is 0. The number of pyridine rings is 1. The van der Waals surface area contributed by atoms with Gasteiger partial charge in [-0.15, -0.1) is 0 Å². The van der Waals surface area contributed by atoms with Gasteiger partial charge in [0.25, 0.3) is 0 Å². The molecule has 1 rings (SSSR count). The number of aryl methyl sites for hydroxylation is 1. The maximum Gasteiger partial charge on any atom is 0.246 e. The molecule has 0 saturated carbocycles. The average molecular weight is 213 g/mol. The Morgan fingerprint density at radius 3 is 2.71 bits per heavy atom. The van der Waals surface area contributed by atoms with Gasteiger partial charge in [0.2, 0.25) is 7.37 Å². The van der Waals surface area contributed by atoms with Gasteiger partial charge in [-0.25, -0.2) is 4.98 Å². The second-order valence-corrected chi connectivity index (χ2v) is 5.51. The molecule has 0 aliphatic heterocycles. The van der Waals surface area contributed by atoms with E-state index in [0.717, 1.165) is 12.1 Å². The molecule has 1 atom stereocenters. The second kappa shape index (κ2) is 4.72. The lowest BCUT2D eigenvalue weighted by molar-refractivity contribution is 0.344. The molecule has 0 fully saturated rings. The van der Waals surface area contributed by atoms with Crippen LogP contribution < -0.4 is 5.44 Å². The molecule has 1 aromatic heterocycles. The third-order valence-electron chi connectivity index (χ3n) is 1.95. The van der Waals surface area contributed by atoms with Crippen molar-refractivity contribution in [3.63, 3.8) is 0 Å². The monoisotopic (exact) mass is 213 g/mol. The van der Waals surface area contributed by atoms with Crippen LogP contribution in [0.3, 0.4) is 0 Å². The van der Waals surface area contributed by atoms with Gasteiger partial charge in [-0.1, -0.05) is 13.0 Å².